The molecule has 0 fully saturated rings. The van der Waals surface area contributed by atoms with Crippen molar-refractivity contribution in [2.45, 2.75) is 20.8 Å². The minimum Gasteiger partial charge on any atom is -0.102 e. The molecule has 0 aliphatic heterocycles. The fourth-order valence-corrected chi connectivity index (χ4v) is 0.478. The van der Waals surface area contributed by atoms with Crippen molar-refractivity contribution in [1.29, 1.82) is 0 Å². The van der Waals surface area contributed by atoms with Crippen LogP contribution in [-0.4, -0.2) is 0 Å². The lowest BCUT2D eigenvalue weighted by Crippen LogP contribution is -1.79. The maximum atomic E-state index is 3.69. The molecule has 56 valence electrons. The monoisotopic (exact) mass is 136 g/mol. The van der Waals surface area contributed by atoms with Crippen molar-refractivity contribution in [1.82, 2.24) is 0 Å². The van der Waals surface area contributed by atoms with Crippen LogP contribution in [0, 0.1) is 5.92 Å². The fraction of sp³-hybridized carbons (Fsp3) is 0.400. The van der Waals surface area contributed by atoms with Gasteiger partial charge in [-0.15, -0.1) is 6.58 Å². The molecule has 0 bridgehead atoms. The molecule has 0 aliphatic rings. The van der Waals surface area contributed by atoms with Crippen LogP contribution in [-0.2, 0) is 0 Å². The van der Waals surface area contributed by atoms with Gasteiger partial charge in [-0.1, -0.05) is 36.8 Å². The summed E-state index contributed by atoms with van der Waals surface area (Å²) in [5, 5.41) is 0. The minimum absolute atomic E-state index is 0.481. The zero-order valence-corrected chi connectivity index (χ0v) is 7.09. The molecule has 0 amide bonds. The summed E-state index contributed by atoms with van der Waals surface area (Å²) in [5.41, 5.74) is 1.30. The highest BCUT2D eigenvalue weighted by atomic mass is 13.9. The van der Waals surface area contributed by atoms with Crippen LogP contribution in [0.4, 0.5) is 0 Å². The van der Waals surface area contributed by atoms with Gasteiger partial charge in [0.1, 0.15) is 0 Å². The van der Waals surface area contributed by atoms with Crippen LogP contribution in [0.1, 0.15) is 20.8 Å². The molecule has 0 aliphatic carbocycles. The molecule has 0 saturated carbocycles. The Hall–Kier alpha value is -0.780. The summed E-state index contributed by atoms with van der Waals surface area (Å²) in [7, 11) is 0. The van der Waals surface area contributed by atoms with E-state index >= 15 is 0 Å². The quantitative estimate of drug-likeness (QED) is 0.412. The predicted octanol–water partition coefficient (Wildman–Crippen LogP) is 3.33. The summed E-state index contributed by atoms with van der Waals surface area (Å²) < 4.78 is 0. The Bertz CT molecular complexity index is 149. The van der Waals surface area contributed by atoms with Crippen LogP contribution >= 0.6 is 0 Å². The van der Waals surface area contributed by atoms with Gasteiger partial charge in [0.05, 0.1) is 0 Å². The first-order chi connectivity index (χ1) is 4.70. The lowest BCUT2D eigenvalue weighted by atomic mass is 10.1. The van der Waals surface area contributed by atoms with Crippen LogP contribution < -0.4 is 0 Å². The van der Waals surface area contributed by atoms with Crippen molar-refractivity contribution in [3.05, 3.63) is 36.5 Å². The molecule has 0 rings (SSSR count). The third-order valence-corrected chi connectivity index (χ3v) is 1.49. The summed E-state index contributed by atoms with van der Waals surface area (Å²) in [6, 6.07) is 0. The molecule has 10 heavy (non-hydrogen) atoms. The van der Waals surface area contributed by atoms with E-state index in [0.717, 1.165) is 0 Å². The number of rotatable bonds is 3. The van der Waals surface area contributed by atoms with Gasteiger partial charge in [-0.25, -0.2) is 0 Å². The highest BCUT2D eigenvalue weighted by Crippen LogP contribution is 2.01. The summed E-state index contributed by atoms with van der Waals surface area (Å²) in [5.74, 6) is 0.481. The maximum Gasteiger partial charge on any atom is -0.00813 e. The van der Waals surface area contributed by atoms with Crippen LogP contribution in [0.15, 0.2) is 36.5 Å². The first-order valence-corrected chi connectivity index (χ1v) is 3.64. The van der Waals surface area contributed by atoms with Crippen molar-refractivity contribution >= 4 is 0 Å². The summed E-state index contributed by atoms with van der Waals surface area (Å²) in [4.78, 5) is 0. The molecule has 0 N–H and O–H groups in total. The van der Waals surface area contributed by atoms with E-state index in [2.05, 4.69) is 38.7 Å². The molecule has 0 aromatic heterocycles. The second kappa shape index (κ2) is 5.04. The van der Waals surface area contributed by atoms with E-state index in [1.807, 2.05) is 13.0 Å². The molecule has 0 heteroatoms. The molecule has 0 radical (unpaired) electrons. The van der Waals surface area contributed by atoms with Crippen molar-refractivity contribution in [2.24, 2.45) is 5.92 Å². The molecule has 0 nitrogen and oxygen atoms in total. The summed E-state index contributed by atoms with van der Waals surface area (Å²) in [6.07, 6.45) is 8.28. The van der Waals surface area contributed by atoms with Gasteiger partial charge in [0.15, 0.2) is 0 Å². The van der Waals surface area contributed by atoms with E-state index in [1.54, 1.807) is 0 Å². The average Bonchev–Trinajstić information content (AvgIpc) is 1.99. The lowest BCUT2D eigenvalue weighted by molar-refractivity contribution is 0.942. The average molecular weight is 136 g/mol. The first-order valence-electron chi connectivity index (χ1n) is 3.64. The van der Waals surface area contributed by atoms with Crippen molar-refractivity contribution in [3.8, 4) is 0 Å². The zero-order valence-electron chi connectivity index (χ0n) is 7.09. The van der Waals surface area contributed by atoms with Gasteiger partial charge in [0.25, 0.3) is 0 Å². The Labute approximate surface area is 64.0 Å². The van der Waals surface area contributed by atoms with E-state index in [4.69, 9.17) is 0 Å². The fourth-order valence-electron chi connectivity index (χ4n) is 0.478. The smallest absolute Gasteiger partial charge is 0.00813 e. The van der Waals surface area contributed by atoms with Gasteiger partial charge >= 0.3 is 0 Å². The molecule has 0 aromatic carbocycles. The molecule has 0 aromatic rings. The Morgan fingerprint density at radius 3 is 2.50 bits per heavy atom. The number of hydrogen-bond acceptors (Lipinski definition) is 0. The van der Waals surface area contributed by atoms with E-state index in [1.165, 1.54) is 5.57 Å². The molecule has 0 saturated heterocycles. The second-order valence-corrected chi connectivity index (χ2v) is 2.49. The Morgan fingerprint density at radius 1 is 1.50 bits per heavy atom. The maximum absolute atomic E-state index is 3.69. The molecule has 0 heterocycles. The van der Waals surface area contributed by atoms with Crippen molar-refractivity contribution < 1.29 is 0 Å². The molecular weight excluding hydrogens is 120 g/mol. The lowest BCUT2D eigenvalue weighted by Gasteiger charge is -1.94. The normalized spacial score (nSPS) is 15.7. The Kier molecular flexibility index (Phi) is 4.65. The number of hydrogen-bond donors (Lipinski definition) is 0. The van der Waals surface area contributed by atoms with Crippen LogP contribution in [0.5, 0.6) is 0 Å². The van der Waals surface area contributed by atoms with Gasteiger partial charge in [-0.2, -0.15) is 0 Å². The first kappa shape index (κ1) is 9.22. The third kappa shape index (κ3) is 4.13. The SMILES string of the molecule is C=CC(C)/C=C\C(C)=C/C. The highest BCUT2D eigenvalue weighted by Gasteiger charge is 1.85. The highest BCUT2D eigenvalue weighted by molar-refractivity contribution is 5.16. The van der Waals surface area contributed by atoms with Gasteiger partial charge < -0.3 is 0 Å². The van der Waals surface area contributed by atoms with Crippen LogP contribution in [0.25, 0.3) is 0 Å². The molecule has 0 spiro atoms. The summed E-state index contributed by atoms with van der Waals surface area (Å²) >= 11 is 0. The zero-order chi connectivity index (χ0) is 7.98. The molecule has 1 atom stereocenters. The van der Waals surface area contributed by atoms with E-state index in [0.29, 0.717) is 5.92 Å². The van der Waals surface area contributed by atoms with Crippen LogP contribution in [0.2, 0.25) is 0 Å². The summed E-state index contributed by atoms with van der Waals surface area (Å²) in [6.45, 7) is 9.94. The van der Waals surface area contributed by atoms with Gasteiger partial charge in [-0.05, 0) is 19.8 Å². The van der Waals surface area contributed by atoms with E-state index in [9.17, 15) is 0 Å². The predicted molar refractivity (Wildman–Crippen MR) is 47.9 cm³/mol. The second-order valence-electron chi connectivity index (χ2n) is 2.49. The third-order valence-electron chi connectivity index (χ3n) is 1.49. The minimum atomic E-state index is 0.481. The van der Waals surface area contributed by atoms with Crippen molar-refractivity contribution in [2.75, 3.05) is 0 Å². The van der Waals surface area contributed by atoms with Gasteiger partial charge in [0, 0.05) is 0 Å². The topological polar surface area (TPSA) is 0 Å². The standard InChI is InChI=1S/C10H16/c1-5-9(3)7-8-10(4)6-2/h5-9H,1H2,2-4H3/b8-7-,10-6-. The Morgan fingerprint density at radius 2 is 2.10 bits per heavy atom. The van der Waals surface area contributed by atoms with Gasteiger partial charge in [0.2, 0.25) is 0 Å². The molecule has 1 unspecified atom stereocenters. The molecular formula is C10H16. The van der Waals surface area contributed by atoms with E-state index < -0.39 is 0 Å². The number of allylic oxidation sites excluding steroid dienone is 5. The van der Waals surface area contributed by atoms with Crippen LogP contribution in [0.3, 0.4) is 0 Å². The van der Waals surface area contributed by atoms with Gasteiger partial charge in [-0.3, -0.25) is 0 Å². The Balaban J connectivity index is 3.86. The largest absolute Gasteiger partial charge is 0.102 e. The van der Waals surface area contributed by atoms with E-state index in [-0.39, 0.29) is 0 Å². The van der Waals surface area contributed by atoms with Crippen molar-refractivity contribution in [3.63, 3.8) is 0 Å².